The first kappa shape index (κ1) is 26.0. The lowest BCUT2D eigenvalue weighted by Crippen LogP contribution is -2.52. The number of nitrogens with two attached hydrogens (primary N) is 1. The summed E-state index contributed by atoms with van der Waals surface area (Å²) in [5, 5.41) is 6.34. The molecule has 0 aliphatic rings. The molecule has 0 aromatic heterocycles. The van der Waals surface area contributed by atoms with Gasteiger partial charge in [0, 0.05) is 25.2 Å². The van der Waals surface area contributed by atoms with Crippen LogP contribution in [-0.2, 0) is 9.59 Å². The number of carbonyl (C=O) groups is 2. The van der Waals surface area contributed by atoms with Crippen molar-refractivity contribution in [1.82, 2.24) is 10.2 Å². The lowest BCUT2D eigenvalue weighted by molar-refractivity contribution is -0.139. The zero-order valence-corrected chi connectivity index (χ0v) is 20.6. The lowest BCUT2D eigenvalue weighted by atomic mass is 9.91. The minimum absolute atomic E-state index is 0.0104. The second-order valence-corrected chi connectivity index (χ2v) is 8.75. The van der Waals surface area contributed by atoms with Gasteiger partial charge in [-0.2, -0.15) is 0 Å². The maximum Gasteiger partial charge on any atom is 0.245 e. The van der Waals surface area contributed by atoms with Crippen LogP contribution in [0.2, 0.25) is 0 Å². The number of benzene rings is 3. The molecule has 4 N–H and O–H groups in total. The van der Waals surface area contributed by atoms with E-state index in [0.29, 0.717) is 25.9 Å². The first-order valence-electron chi connectivity index (χ1n) is 12.2. The van der Waals surface area contributed by atoms with Crippen LogP contribution in [0.4, 0.5) is 5.69 Å². The van der Waals surface area contributed by atoms with Crippen molar-refractivity contribution in [3.63, 3.8) is 0 Å². The van der Waals surface area contributed by atoms with Gasteiger partial charge >= 0.3 is 0 Å². The average molecular weight is 473 g/mol. The maximum atomic E-state index is 13.4. The Morgan fingerprint density at radius 3 is 1.89 bits per heavy atom. The van der Waals surface area contributed by atoms with Gasteiger partial charge in [-0.05, 0) is 49.6 Å². The first-order chi connectivity index (χ1) is 17.0. The van der Waals surface area contributed by atoms with E-state index in [0.717, 1.165) is 16.8 Å². The van der Waals surface area contributed by atoms with Crippen molar-refractivity contribution in [3.05, 3.63) is 102 Å². The van der Waals surface area contributed by atoms with E-state index in [1.807, 2.05) is 73.7 Å². The highest BCUT2D eigenvalue weighted by atomic mass is 16.2. The smallest absolute Gasteiger partial charge is 0.245 e. The van der Waals surface area contributed by atoms with Crippen molar-refractivity contribution < 1.29 is 9.59 Å². The minimum Gasteiger partial charge on any atom is -0.374 e. The molecular weight excluding hydrogens is 436 g/mol. The molecule has 0 aliphatic carbocycles. The van der Waals surface area contributed by atoms with Crippen molar-refractivity contribution in [3.8, 4) is 0 Å². The Kier molecular flexibility index (Phi) is 9.87. The third-order valence-electron chi connectivity index (χ3n) is 6.21. The Labute approximate surface area is 208 Å². The van der Waals surface area contributed by atoms with Gasteiger partial charge in [-0.25, -0.2) is 0 Å². The van der Waals surface area contributed by atoms with E-state index in [1.54, 1.807) is 11.9 Å². The summed E-state index contributed by atoms with van der Waals surface area (Å²) in [5.74, 6) is -0.303. The molecule has 0 aliphatic heterocycles. The average Bonchev–Trinajstić information content (AvgIpc) is 2.90. The van der Waals surface area contributed by atoms with Crippen LogP contribution < -0.4 is 16.4 Å². The van der Waals surface area contributed by atoms with Crippen LogP contribution in [0.5, 0.6) is 0 Å². The second kappa shape index (κ2) is 13.3. The molecule has 0 bridgehead atoms. The molecular formula is C29H36N4O2. The number of rotatable bonds is 12. The monoisotopic (exact) mass is 472 g/mol. The Morgan fingerprint density at radius 2 is 1.37 bits per heavy atom. The molecule has 0 fully saturated rings. The largest absolute Gasteiger partial charge is 0.374 e. The highest BCUT2D eigenvalue weighted by molar-refractivity contribution is 5.90. The van der Waals surface area contributed by atoms with Gasteiger partial charge in [-0.15, -0.1) is 0 Å². The van der Waals surface area contributed by atoms with Crippen LogP contribution in [0.1, 0.15) is 36.8 Å². The fourth-order valence-electron chi connectivity index (χ4n) is 4.24. The highest BCUT2D eigenvalue weighted by Crippen LogP contribution is 2.24. The quantitative estimate of drug-likeness (QED) is 0.372. The van der Waals surface area contributed by atoms with Gasteiger partial charge in [-0.1, -0.05) is 78.9 Å². The summed E-state index contributed by atoms with van der Waals surface area (Å²) in [6, 6.07) is 28.8. The zero-order chi connectivity index (χ0) is 25.0. The van der Waals surface area contributed by atoms with Crippen molar-refractivity contribution in [2.75, 3.05) is 25.5 Å². The van der Waals surface area contributed by atoms with Crippen LogP contribution in [0, 0.1) is 0 Å². The molecule has 184 valence electrons. The van der Waals surface area contributed by atoms with E-state index in [-0.39, 0.29) is 17.7 Å². The summed E-state index contributed by atoms with van der Waals surface area (Å²) in [5.41, 5.74) is 8.86. The van der Waals surface area contributed by atoms with E-state index < -0.39 is 12.1 Å². The van der Waals surface area contributed by atoms with Gasteiger partial charge in [0.15, 0.2) is 0 Å². The van der Waals surface area contributed by atoms with Gasteiger partial charge in [0.1, 0.15) is 12.1 Å². The second-order valence-electron chi connectivity index (χ2n) is 8.75. The summed E-state index contributed by atoms with van der Waals surface area (Å²) >= 11 is 0. The maximum absolute atomic E-state index is 13.4. The summed E-state index contributed by atoms with van der Waals surface area (Å²) < 4.78 is 0. The molecule has 3 aromatic carbocycles. The molecule has 3 aromatic rings. The molecule has 0 saturated heterocycles. The number of amides is 2. The molecule has 6 heteroatoms. The number of nitrogens with one attached hydrogen (secondary N) is 2. The number of hydrogen-bond donors (Lipinski definition) is 3. The Balaban J connectivity index is 1.71. The van der Waals surface area contributed by atoms with Crippen LogP contribution >= 0.6 is 0 Å². The Morgan fingerprint density at radius 1 is 0.857 bits per heavy atom. The predicted octanol–water partition coefficient (Wildman–Crippen LogP) is 4.00. The van der Waals surface area contributed by atoms with Crippen LogP contribution in [0.25, 0.3) is 0 Å². The molecule has 2 atom stereocenters. The fourth-order valence-corrected chi connectivity index (χ4v) is 4.24. The molecule has 35 heavy (non-hydrogen) atoms. The molecule has 0 spiro atoms. The predicted molar refractivity (Wildman–Crippen MR) is 142 cm³/mol. The van der Waals surface area contributed by atoms with Crippen molar-refractivity contribution in [2.45, 2.75) is 37.8 Å². The number of nitrogens with zero attached hydrogens (tertiary/aromatic N) is 1. The summed E-state index contributed by atoms with van der Waals surface area (Å²) in [7, 11) is 1.69. The van der Waals surface area contributed by atoms with Gasteiger partial charge in [0.2, 0.25) is 11.8 Å². The van der Waals surface area contributed by atoms with Crippen molar-refractivity contribution in [2.24, 2.45) is 5.73 Å². The number of hydrogen-bond acceptors (Lipinski definition) is 4. The standard InChI is InChI=1S/C29H36N4O2/c1-22(32-25-17-10-5-11-18-25)29(35)33(2)27(19-12-20-30)28(34)31-21-26(23-13-6-3-7-14-23)24-15-8-4-9-16-24/h3-11,13-18,22,26-27,32H,12,19-21,30H2,1-2H3,(H,31,34). The normalized spacial score (nSPS) is 12.6. The summed E-state index contributed by atoms with van der Waals surface area (Å²) in [6.45, 7) is 2.71. The third-order valence-corrected chi connectivity index (χ3v) is 6.21. The first-order valence-corrected chi connectivity index (χ1v) is 12.2. The van der Waals surface area contributed by atoms with E-state index in [9.17, 15) is 9.59 Å². The minimum atomic E-state index is -0.599. The number of anilines is 1. The molecule has 0 heterocycles. The van der Waals surface area contributed by atoms with Crippen LogP contribution in [-0.4, -0.2) is 48.9 Å². The molecule has 2 unspecified atom stereocenters. The highest BCUT2D eigenvalue weighted by Gasteiger charge is 2.29. The van der Waals surface area contributed by atoms with Crippen molar-refractivity contribution >= 4 is 17.5 Å². The Bertz CT molecular complexity index is 1000. The van der Waals surface area contributed by atoms with Gasteiger partial charge in [-0.3, -0.25) is 9.59 Å². The van der Waals surface area contributed by atoms with E-state index in [2.05, 4.69) is 34.9 Å². The number of para-hydroxylation sites is 1. The fraction of sp³-hybridized carbons (Fsp3) is 0.310. The summed E-state index contributed by atoms with van der Waals surface area (Å²) in [4.78, 5) is 28.1. The summed E-state index contributed by atoms with van der Waals surface area (Å²) in [6.07, 6.45) is 1.15. The van der Waals surface area contributed by atoms with E-state index in [4.69, 9.17) is 5.73 Å². The van der Waals surface area contributed by atoms with Gasteiger partial charge < -0.3 is 21.3 Å². The van der Waals surface area contributed by atoms with Gasteiger partial charge in [0.25, 0.3) is 0 Å². The topological polar surface area (TPSA) is 87.5 Å². The molecule has 0 saturated carbocycles. The molecule has 3 rings (SSSR count). The van der Waals surface area contributed by atoms with Gasteiger partial charge in [0.05, 0.1) is 0 Å². The lowest BCUT2D eigenvalue weighted by Gasteiger charge is -2.30. The third kappa shape index (κ3) is 7.42. The van der Waals surface area contributed by atoms with Crippen molar-refractivity contribution in [1.29, 1.82) is 0 Å². The molecule has 0 radical (unpaired) electrons. The molecule has 2 amide bonds. The number of carbonyl (C=O) groups excluding carboxylic acids is 2. The number of likely N-dealkylation sites (N-methyl/N-ethyl adjacent to an activating group) is 1. The van der Waals surface area contributed by atoms with E-state index in [1.165, 1.54) is 0 Å². The van der Waals surface area contributed by atoms with E-state index >= 15 is 0 Å². The Hall–Kier alpha value is -3.64. The zero-order valence-electron chi connectivity index (χ0n) is 20.6. The molecule has 6 nitrogen and oxygen atoms in total. The van der Waals surface area contributed by atoms with Crippen LogP contribution in [0.15, 0.2) is 91.0 Å². The SMILES string of the molecule is CC(Nc1ccccc1)C(=O)N(C)C(CCCN)C(=O)NCC(c1ccccc1)c1ccccc1. The van der Waals surface area contributed by atoms with Crippen LogP contribution in [0.3, 0.4) is 0 Å².